The summed E-state index contributed by atoms with van der Waals surface area (Å²) in [6.07, 6.45) is 7.82. The van der Waals surface area contributed by atoms with Gasteiger partial charge < -0.3 is 19.4 Å². The van der Waals surface area contributed by atoms with Crippen LogP contribution in [0.5, 0.6) is 5.75 Å². The molecule has 1 N–H and O–H groups in total. The van der Waals surface area contributed by atoms with E-state index in [-0.39, 0.29) is 5.91 Å². The average molecular weight is 340 g/mol. The quantitative estimate of drug-likeness (QED) is 0.877. The molecule has 1 atom stereocenters. The summed E-state index contributed by atoms with van der Waals surface area (Å²) in [4.78, 5) is 14.2. The molecule has 25 heavy (non-hydrogen) atoms. The summed E-state index contributed by atoms with van der Waals surface area (Å²) < 4.78 is 10.4. The monoisotopic (exact) mass is 340 g/mol. The SMILES string of the molecule is COc1ccc(C=CCNC2CCCN(C(=O)c3ccco3)C2)cc1. The van der Waals surface area contributed by atoms with Gasteiger partial charge in [-0.1, -0.05) is 24.3 Å². The molecule has 3 rings (SSSR count). The van der Waals surface area contributed by atoms with Crippen molar-refractivity contribution in [2.75, 3.05) is 26.7 Å². The maximum absolute atomic E-state index is 12.4. The van der Waals surface area contributed by atoms with Crippen LogP contribution in [0.25, 0.3) is 6.08 Å². The van der Waals surface area contributed by atoms with Crippen LogP contribution in [0.2, 0.25) is 0 Å². The fourth-order valence-corrected chi connectivity index (χ4v) is 3.03. The van der Waals surface area contributed by atoms with Gasteiger partial charge in [0, 0.05) is 25.7 Å². The fraction of sp³-hybridized carbons (Fsp3) is 0.350. The smallest absolute Gasteiger partial charge is 0.289 e. The van der Waals surface area contributed by atoms with Gasteiger partial charge in [0.1, 0.15) is 5.75 Å². The molecule has 0 spiro atoms. The van der Waals surface area contributed by atoms with Gasteiger partial charge in [0.2, 0.25) is 0 Å². The van der Waals surface area contributed by atoms with Crippen LogP contribution in [0.15, 0.2) is 53.2 Å². The molecule has 2 aromatic rings. The molecule has 0 bridgehead atoms. The average Bonchev–Trinajstić information content (AvgIpc) is 3.20. The van der Waals surface area contributed by atoms with Gasteiger partial charge in [-0.3, -0.25) is 4.79 Å². The molecule has 0 aliphatic carbocycles. The molecule has 0 radical (unpaired) electrons. The first kappa shape index (κ1) is 17.3. The normalized spacial score (nSPS) is 17.8. The zero-order valence-electron chi connectivity index (χ0n) is 14.5. The number of carbonyl (C=O) groups excluding carboxylic acids is 1. The van der Waals surface area contributed by atoms with Crippen LogP contribution >= 0.6 is 0 Å². The minimum Gasteiger partial charge on any atom is -0.497 e. The molecule has 5 nitrogen and oxygen atoms in total. The van der Waals surface area contributed by atoms with E-state index in [9.17, 15) is 4.79 Å². The Hall–Kier alpha value is -2.53. The number of likely N-dealkylation sites (tertiary alicyclic amines) is 1. The third kappa shape index (κ3) is 4.73. The van der Waals surface area contributed by atoms with Crippen molar-refractivity contribution in [3.8, 4) is 5.75 Å². The number of hydrogen-bond donors (Lipinski definition) is 1. The lowest BCUT2D eigenvalue weighted by Crippen LogP contribution is -2.48. The number of nitrogens with zero attached hydrogens (tertiary/aromatic N) is 1. The minimum atomic E-state index is -0.0229. The van der Waals surface area contributed by atoms with E-state index in [1.54, 1.807) is 19.2 Å². The Kier molecular flexibility index (Phi) is 5.90. The van der Waals surface area contributed by atoms with Crippen molar-refractivity contribution in [2.24, 2.45) is 0 Å². The third-order valence-electron chi connectivity index (χ3n) is 4.39. The summed E-state index contributed by atoms with van der Waals surface area (Å²) in [5, 5.41) is 3.51. The van der Waals surface area contributed by atoms with E-state index in [0.717, 1.165) is 43.8 Å². The van der Waals surface area contributed by atoms with Gasteiger partial charge in [0.25, 0.3) is 5.91 Å². The summed E-state index contributed by atoms with van der Waals surface area (Å²) in [6.45, 7) is 2.29. The van der Waals surface area contributed by atoms with Gasteiger partial charge in [-0.25, -0.2) is 0 Å². The van der Waals surface area contributed by atoms with Crippen LogP contribution < -0.4 is 10.1 Å². The predicted octanol–water partition coefficient (Wildman–Crippen LogP) is 3.20. The van der Waals surface area contributed by atoms with Crippen LogP contribution in [0.3, 0.4) is 0 Å². The van der Waals surface area contributed by atoms with E-state index in [1.807, 2.05) is 29.2 Å². The highest BCUT2D eigenvalue weighted by Crippen LogP contribution is 2.15. The summed E-state index contributed by atoms with van der Waals surface area (Å²) in [6, 6.07) is 11.7. The van der Waals surface area contributed by atoms with E-state index in [1.165, 1.54) is 6.26 Å². The second-order valence-electron chi connectivity index (χ2n) is 6.15. The fourth-order valence-electron chi connectivity index (χ4n) is 3.03. The Bertz CT molecular complexity index is 692. The highest BCUT2D eigenvalue weighted by atomic mass is 16.5. The van der Waals surface area contributed by atoms with E-state index >= 15 is 0 Å². The van der Waals surface area contributed by atoms with Gasteiger partial charge in [-0.05, 0) is 42.7 Å². The molecule has 1 unspecified atom stereocenters. The molecule has 1 aliphatic rings. The zero-order valence-corrected chi connectivity index (χ0v) is 14.5. The maximum atomic E-state index is 12.4. The van der Waals surface area contributed by atoms with Crippen molar-refractivity contribution < 1.29 is 13.9 Å². The van der Waals surface area contributed by atoms with E-state index in [4.69, 9.17) is 9.15 Å². The van der Waals surface area contributed by atoms with Crippen molar-refractivity contribution in [3.05, 3.63) is 60.1 Å². The first-order valence-corrected chi connectivity index (χ1v) is 8.63. The van der Waals surface area contributed by atoms with Gasteiger partial charge in [-0.2, -0.15) is 0 Å². The predicted molar refractivity (Wildman–Crippen MR) is 97.7 cm³/mol. The Balaban J connectivity index is 1.46. The number of ether oxygens (including phenoxy) is 1. The number of furan rings is 1. The molecule has 2 heterocycles. The second-order valence-corrected chi connectivity index (χ2v) is 6.15. The standard InChI is InChI=1S/C20H24N2O3/c1-24-18-10-8-16(9-11-18)5-2-12-21-17-6-3-13-22(15-17)20(23)19-7-4-14-25-19/h2,4-5,7-11,14,17,21H,3,6,12-13,15H2,1H3. The summed E-state index contributed by atoms with van der Waals surface area (Å²) in [7, 11) is 1.67. The molecule has 5 heteroatoms. The molecular weight excluding hydrogens is 316 g/mol. The van der Waals surface area contributed by atoms with Crippen molar-refractivity contribution in [1.82, 2.24) is 10.2 Å². The molecular formula is C20H24N2O3. The van der Waals surface area contributed by atoms with Crippen LogP contribution in [0, 0.1) is 0 Å². The lowest BCUT2D eigenvalue weighted by Gasteiger charge is -2.32. The first-order valence-electron chi connectivity index (χ1n) is 8.63. The van der Waals surface area contributed by atoms with Crippen molar-refractivity contribution in [2.45, 2.75) is 18.9 Å². The zero-order chi connectivity index (χ0) is 17.5. The highest BCUT2D eigenvalue weighted by Gasteiger charge is 2.25. The molecule has 132 valence electrons. The van der Waals surface area contributed by atoms with E-state index in [2.05, 4.69) is 17.5 Å². The Morgan fingerprint density at radius 2 is 2.20 bits per heavy atom. The number of hydrogen-bond acceptors (Lipinski definition) is 4. The third-order valence-corrected chi connectivity index (χ3v) is 4.39. The molecule has 1 aromatic carbocycles. The summed E-state index contributed by atoms with van der Waals surface area (Å²) in [5.74, 6) is 1.25. The molecule has 1 fully saturated rings. The van der Waals surface area contributed by atoms with Crippen molar-refractivity contribution in [1.29, 1.82) is 0 Å². The lowest BCUT2D eigenvalue weighted by atomic mass is 10.1. The first-order chi connectivity index (χ1) is 12.3. The molecule has 1 aromatic heterocycles. The van der Waals surface area contributed by atoms with E-state index < -0.39 is 0 Å². The van der Waals surface area contributed by atoms with Crippen LogP contribution in [-0.2, 0) is 0 Å². The van der Waals surface area contributed by atoms with Crippen LogP contribution in [-0.4, -0.2) is 43.6 Å². The van der Waals surface area contributed by atoms with Crippen LogP contribution in [0.1, 0.15) is 29.0 Å². The number of nitrogens with one attached hydrogen (secondary N) is 1. The van der Waals surface area contributed by atoms with Crippen molar-refractivity contribution >= 4 is 12.0 Å². The number of amides is 1. The lowest BCUT2D eigenvalue weighted by molar-refractivity contribution is 0.0664. The minimum absolute atomic E-state index is 0.0229. The van der Waals surface area contributed by atoms with E-state index in [0.29, 0.717) is 11.8 Å². The number of benzene rings is 1. The van der Waals surface area contributed by atoms with Crippen molar-refractivity contribution in [3.63, 3.8) is 0 Å². The number of carbonyl (C=O) groups is 1. The largest absolute Gasteiger partial charge is 0.497 e. The second kappa shape index (κ2) is 8.53. The molecule has 0 saturated carbocycles. The Morgan fingerprint density at radius 3 is 2.92 bits per heavy atom. The van der Waals surface area contributed by atoms with Gasteiger partial charge >= 0.3 is 0 Å². The number of piperidine rings is 1. The number of rotatable bonds is 6. The number of methoxy groups -OCH3 is 1. The highest BCUT2D eigenvalue weighted by molar-refractivity contribution is 5.91. The van der Waals surface area contributed by atoms with Crippen LogP contribution in [0.4, 0.5) is 0 Å². The summed E-state index contributed by atoms with van der Waals surface area (Å²) in [5.41, 5.74) is 1.14. The van der Waals surface area contributed by atoms with Gasteiger partial charge in [0.15, 0.2) is 5.76 Å². The van der Waals surface area contributed by atoms with Gasteiger partial charge in [-0.15, -0.1) is 0 Å². The topological polar surface area (TPSA) is 54.7 Å². The summed E-state index contributed by atoms with van der Waals surface area (Å²) >= 11 is 0. The van der Waals surface area contributed by atoms with Gasteiger partial charge in [0.05, 0.1) is 13.4 Å². The molecule has 1 saturated heterocycles. The maximum Gasteiger partial charge on any atom is 0.289 e. The molecule has 1 aliphatic heterocycles. The Morgan fingerprint density at radius 1 is 1.36 bits per heavy atom. The Labute approximate surface area is 148 Å². The molecule has 1 amide bonds.